The number of hydrogen-bond acceptors (Lipinski definition) is 4. The van der Waals surface area contributed by atoms with Crippen LogP contribution in [0.1, 0.15) is 6.42 Å². The lowest BCUT2D eigenvalue weighted by atomic mass is 10.2. The molecule has 1 aromatic carbocycles. The average molecular weight is 387 g/mol. The maximum atomic E-state index is 12.0. The monoisotopic (exact) mass is 385 g/mol. The van der Waals surface area contributed by atoms with Crippen LogP contribution in [0.25, 0.3) is 0 Å². The van der Waals surface area contributed by atoms with Crippen molar-refractivity contribution in [1.29, 1.82) is 0 Å². The molecule has 0 radical (unpaired) electrons. The number of hydrogen-bond donors (Lipinski definition) is 3. The lowest BCUT2D eigenvalue weighted by Crippen LogP contribution is -2.42. The van der Waals surface area contributed by atoms with E-state index in [1.54, 1.807) is 4.72 Å². The topological polar surface area (TPSA) is 121 Å². The van der Waals surface area contributed by atoms with E-state index in [0.29, 0.717) is 4.47 Å². The van der Waals surface area contributed by atoms with Gasteiger partial charge in [0.05, 0.1) is 11.4 Å². The molecule has 20 heavy (non-hydrogen) atoms. The summed E-state index contributed by atoms with van der Waals surface area (Å²) in [7, 11) is -4.24. The lowest BCUT2D eigenvalue weighted by molar-refractivity contribution is -0.145. The van der Waals surface area contributed by atoms with Crippen molar-refractivity contribution in [2.24, 2.45) is 0 Å². The highest BCUT2D eigenvalue weighted by Crippen LogP contribution is 2.25. The first kappa shape index (κ1) is 16.9. The molecule has 0 fully saturated rings. The van der Waals surface area contributed by atoms with Crippen molar-refractivity contribution < 1.29 is 28.2 Å². The van der Waals surface area contributed by atoms with E-state index in [1.165, 1.54) is 18.2 Å². The van der Waals surface area contributed by atoms with Gasteiger partial charge in [0.25, 0.3) is 0 Å². The van der Waals surface area contributed by atoms with Crippen molar-refractivity contribution in [3.05, 3.63) is 27.7 Å². The van der Waals surface area contributed by atoms with E-state index in [0.717, 1.165) is 0 Å². The van der Waals surface area contributed by atoms with E-state index in [2.05, 4.69) is 15.9 Å². The summed E-state index contributed by atoms with van der Waals surface area (Å²) in [5, 5.41) is 17.3. The molecule has 0 heterocycles. The summed E-state index contributed by atoms with van der Waals surface area (Å²) in [6.07, 6.45) is -0.886. The van der Waals surface area contributed by atoms with Crippen molar-refractivity contribution in [2.75, 3.05) is 0 Å². The number of nitrogens with one attached hydrogen (secondary N) is 1. The zero-order valence-electron chi connectivity index (χ0n) is 9.71. The van der Waals surface area contributed by atoms with Gasteiger partial charge in [0.15, 0.2) is 0 Å². The zero-order chi connectivity index (χ0) is 15.5. The molecule has 0 aliphatic heterocycles. The highest BCUT2D eigenvalue weighted by Gasteiger charge is 2.28. The number of halogens is 2. The minimum atomic E-state index is -4.24. The van der Waals surface area contributed by atoms with Crippen molar-refractivity contribution >= 4 is 49.5 Å². The third-order valence-corrected chi connectivity index (χ3v) is 4.61. The molecule has 0 saturated heterocycles. The molecule has 10 heteroatoms. The summed E-state index contributed by atoms with van der Waals surface area (Å²) in [5.41, 5.74) is 0. The third-order valence-electron chi connectivity index (χ3n) is 2.16. The molecule has 1 rings (SSSR count). The smallest absolute Gasteiger partial charge is 0.322 e. The molecular formula is C10H9BrClNO6S. The van der Waals surface area contributed by atoms with Crippen LogP contribution in [-0.2, 0) is 19.6 Å². The molecule has 0 amide bonds. The Morgan fingerprint density at radius 2 is 1.95 bits per heavy atom. The molecule has 0 aliphatic carbocycles. The Balaban J connectivity index is 3.09. The number of sulfonamides is 1. The molecule has 0 unspecified atom stereocenters. The molecule has 0 aliphatic rings. The number of carbonyl (C=O) groups is 2. The van der Waals surface area contributed by atoms with E-state index < -0.39 is 34.4 Å². The van der Waals surface area contributed by atoms with Crippen molar-refractivity contribution in [1.82, 2.24) is 4.72 Å². The third kappa shape index (κ3) is 4.44. The summed E-state index contributed by atoms with van der Waals surface area (Å²) in [4.78, 5) is 21.0. The van der Waals surface area contributed by atoms with Gasteiger partial charge in [-0.3, -0.25) is 9.59 Å². The predicted molar refractivity (Wildman–Crippen MR) is 73.2 cm³/mol. The van der Waals surface area contributed by atoms with Crippen LogP contribution in [-0.4, -0.2) is 36.6 Å². The fourth-order valence-electron chi connectivity index (χ4n) is 1.30. The minimum absolute atomic E-state index is 0.119. The van der Waals surface area contributed by atoms with Crippen molar-refractivity contribution in [3.8, 4) is 0 Å². The number of carboxylic acid groups (broad SMARTS) is 2. The van der Waals surface area contributed by atoms with E-state index in [9.17, 15) is 18.0 Å². The number of rotatable bonds is 6. The molecule has 1 aromatic rings. The fourth-order valence-corrected chi connectivity index (χ4v) is 3.52. The highest BCUT2D eigenvalue weighted by molar-refractivity contribution is 9.10. The molecule has 7 nitrogen and oxygen atoms in total. The normalized spacial score (nSPS) is 12.9. The minimum Gasteiger partial charge on any atom is -0.481 e. The molecule has 0 aromatic heterocycles. The highest BCUT2D eigenvalue weighted by atomic mass is 79.9. The van der Waals surface area contributed by atoms with Gasteiger partial charge in [-0.15, -0.1) is 0 Å². The quantitative estimate of drug-likeness (QED) is 0.678. The van der Waals surface area contributed by atoms with Crippen molar-refractivity contribution in [2.45, 2.75) is 17.4 Å². The molecule has 3 N–H and O–H groups in total. The van der Waals surface area contributed by atoms with Crippen LogP contribution < -0.4 is 4.72 Å². The number of carboxylic acids is 2. The summed E-state index contributed by atoms with van der Waals surface area (Å²) >= 11 is 8.87. The molecule has 0 bridgehead atoms. The Kier molecular flexibility index (Phi) is 5.51. The van der Waals surface area contributed by atoms with Gasteiger partial charge in [0.1, 0.15) is 10.9 Å². The van der Waals surface area contributed by atoms with E-state index in [1.807, 2.05) is 0 Å². The van der Waals surface area contributed by atoms with Crippen LogP contribution in [0.15, 0.2) is 27.6 Å². The predicted octanol–water partition coefficient (Wildman–Crippen LogP) is 1.31. The van der Waals surface area contributed by atoms with Gasteiger partial charge >= 0.3 is 11.9 Å². The van der Waals surface area contributed by atoms with Crippen LogP contribution in [0.2, 0.25) is 5.02 Å². The molecule has 0 spiro atoms. The van der Waals surface area contributed by atoms with Gasteiger partial charge in [-0.1, -0.05) is 27.5 Å². The van der Waals surface area contributed by atoms with Gasteiger partial charge in [0, 0.05) is 4.47 Å². The van der Waals surface area contributed by atoms with Crippen LogP contribution in [0.4, 0.5) is 0 Å². The zero-order valence-corrected chi connectivity index (χ0v) is 12.9. The summed E-state index contributed by atoms with van der Waals surface area (Å²) in [6, 6.07) is 2.13. The van der Waals surface area contributed by atoms with E-state index in [-0.39, 0.29) is 9.92 Å². The maximum Gasteiger partial charge on any atom is 0.322 e. The summed E-state index contributed by atoms with van der Waals surface area (Å²) in [6.45, 7) is 0. The van der Waals surface area contributed by atoms with E-state index in [4.69, 9.17) is 21.8 Å². The SMILES string of the molecule is O=C(O)C[C@@H](NS(=O)(=O)c1ccc(Br)cc1Cl)C(=O)O. The Morgan fingerprint density at radius 1 is 1.35 bits per heavy atom. The van der Waals surface area contributed by atoms with Crippen molar-refractivity contribution in [3.63, 3.8) is 0 Å². The van der Waals surface area contributed by atoms with Gasteiger partial charge in [0.2, 0.25) is 10.0 Å². The van der Waals surface area contributed by atoms with Crippen LogP contribution in [0.5, 0.6) is 0 Å². The standard InChI is InChI=1S/C10H9BrClNO6S/c11-5-1-2-8(6(12)3-5)20(18,19)13-7(10(16)17)4-9(14)15/h1-3,7,13H,4H2,(H,14,15)(H,16,17)/t7-/m1/s1. The second kappa shape index (κ2) is 6.53. The molecule has 1 atom stereocenters. The lowest BCUT2D eigenvalue weighted by Gasteiger charge is -2.13. The van der Waals surface area contributed by atoms with Crippen LogP contribution >= 0.6 is 27.5 Å². The van der Waals surface area contributed by atoms with Gasteiger partial charge in [-0.05, 0) is 18.2 Å². The Labute approximate surface area is 127 Å². The van der Waals surface area contributed by atoms with Gasteiger partial charge in [-0.2, -0.15) is 4.72 Å². The number of benzene rings is 1. The maximum absolute atomic E-state index is 12.0. The second-order valence-corrected chi connectivity index (χ2v) is 6.69. The Morgan fingerprint density at radius 3 is 2.40 bits per heavy atom. The first-order chi connectivity index (χ1) is 9.13. The summed E-state index contributed by atoms with van der Waals surface area (Å²) < 4.78 is 26.3. The van der Waals surface area contributed by atoms with Gasteiger partial charge in [-0.25, -0.2) is 8.42 Å². The number of aliphatic carboxylic acids is 2. The van der Waals surface area contributed by atoms with Crippen LogP contribution in [0.3, 0.4) is 0 Å². The molecule has 110 valence electrons. The largest absolute Gasteiger partial charge is 0.481 e. The Hall–Kier alpha value is -1.16. The van der Waals surface area contributed by atoms with Crippen LogP contribution in [0, 0.1) is 0 Å². The fraction of sp³-hybridized carbons (Fsp3) is 0.200. The first-order valence-electron chi connectivity index (χ1n) is 5.05. The molecular weight excluding hydrogens is 378 g/mol. The molecule has 0 saturated carbocycles. The summed E-state index contributed by atoms with van der Waals surface area (Å²) in [5.74, 6) is -3.04. The Bertz CT molecular complexity index is 647. The van der Waals surface area contributed by atoms with E-state index >= 15 is 0 Å². The second-order valence-electron chi connectivity index (χ2n) is 3.68. The first-order valence-corrected chi connectivity index (χ1v) is 7.71. The average Bonchev–Trinajstić information content (AvgIpc) is 2.26. The van der Waals surface area contributed by atoms with Gasteiger partial charge < -0.3 is 10.2 Å².